The lowest BCUT2D eigenvalue weighted by molar-refractivity contribution is 0.0681. The standard InChI is InChI=1S/C14H12O2.C8H6O4/c15-13(11-7-3-1-4-8-11)14(16)12-9-5-2-6-10-12;9-7(10)5-1-2-6(4-3-5)8(11)12/h1-10,13,15H;1-4H,(H,9,10)(H,11,12). The van der Waals surface area contributed by atoms with E-state index in [-0.39, 0.29) is 16.9 Å². The zero-order valence-electron chi connectivity index (χ0n) is 14.7. The summed E-state index contributed by atoms with van der Waals surface area (Å²) < 4.78 is 0. The Hall–Kier alpha value is -3.77. The molecule has 0 spiro atoms. The molecule has 3 rings (SSSR count). The van der Waals surface area contributed by atoms with E-state index >= 15 is 0 Å². The summed E-state index contributed by atoms with van der Waals surface area (Å²) in [5.41, 5.74) is 1.32. The fourth-order valence-electron chi connectivity index (χ4n) is 2.30. The Balaban J connectivity index is 0.000000209. The summed E-state index contributed by atoms with van der Waals surface area (Å²) in [6.45, 7) is 0. The average molecular weight is 378 g/mol. The maximum atomic E-state index is 11.9. The molecular weight excluding hydrogens is 360 g/mol. The van der Waals surface area contributed by atoms with Gasteiger partial charge >= 0.3 is 11.9 Å². The van der Waals surface area contributed by atoms with Gasteiger partial charge < -0.3 is 15.3 Å². The molecule has 6 nitrogen and oxygen atoms in total. The number of carboxylic acid groups (broad SMARTS) is 2. The molecule has 1 atom stereocenters. The average Bonchev–Trinajstić information content (AvgIpc) is 2.74. The van der Waals surface area contributed by atoms with E-state index in [1.54, 1.807) is 48.5 Å². The number of hydrogen-bond acceptors (Lipinski definition) is 4. The molecule has 0 aromatic heterocycles. The van der Waals surface area contributed by atoms with Crippen LogP contribution in [0, 0.1) is 0 Å². The van der Waals surface area contributed by atoms with Gasteiger partial charge in [0.05, 0.1) is 11.1 Å². The molecule has 0 bridgehead atoms. The first kappa shape index (κ1) is 20.5. The van der Waals surface area contributed by atoms with Crippen LogP contribution < -0.4 is 0 Å². The van der Waals surface area contributed by atoms with Crippen molar-refractivity contribution in [1.82, 2.24) is 0 Å². The number of ketones is 1. The second-order valence-corrected chi connectivity index (χ2v) is 5.73. The molecule has 3 aromatic rings. The smallest absolute Gasteiger partial charge is 0.335 e. The number of aromatic carboxylic acids is 2. The number of Topliss-reactive ketones (excluding diaryl/α,β-unsaturated/α-hetero) is 1. The van der Waals surface area contributed by atoms with Crippen LogP contribution in [0.1, 0.15) is 42.7 Å². The largest absolute Gasteiger partial charge is 0.478 e. The first-order valence-corrected chi connectivity index (χ1v) is 8.29. The Labute approximate surface area is 161 Å². The molecule has 3 aromatic carbocycles. The van der Waals surface area contributed by atoms with Crippen molar-refractivity contribution in [2.24, 2.45) is 0 Å². The number of aliphatic hydroxyl groups excluding tert-OH is 1. The third-order valence-corrected chi connectivity index (χ3v) is 3.80. The Morgan fingerprint density at radius 3 is 1.36 bits per heavy atom. The number of carboxylic acids is 2. The summed E-state index contributed by atoms with van der Waals surface area (Å²) in [4.78, 5) is 32.6. The highest BCUT2D eigenvalue weighted by Crippen LogP contribution is 2.17. The van der Waals surface area contributed by atoms with E-state index in [1.165, 1.54) is 24.3 Å². The summed E-state index contributed by atoms with van der Waals surface area (Å²) >= 11 is 0. The van der Waals surface area contributed by atoms with Gasteiger partial charge in [-0.05, 0) is 29.8 Å². The number of aliphatic hydroxyl groups is 1. The van der Waals surface area contributed by atoms with Crippen molar-refractivity contribution in [3.63, 3.8) is 0 Å². The van der Waals surface area contributed by atoms with Crippen LogP contribution in [0.15, 0.2) is 84.9 Å². The predicted octanol–water partition coefficient (Wildman–Crippen LogP) is 3.69. The number of carbonyl (C=O) groups excluding carboxylic acids is 1. The number of benzene rings is 3. The highest BCUT2D eigenvalue weighted by Gasteiger charge is 2.18. The second-order valence-electron chi connectivity index (χ2n) is 5.73. The molecule has 142 valence electrons. The summed E-state index contributed by atoms with van der Waals surface area (Å²) in [5, 5.41) is 26.8. The minimum Gasteiger partial charge on any atom is -0.478 e. The zero-order valence-corrected chi connectivity index (χ0v) is 14.7. The Bertz CT molecular complexity index is 901. The molecule has 0 fully saturated rings. The van der Waals surface area contributed by atoms with Gasteiger partial charge in [-0.3, -0.25) is 4.79 Å². The minimum atomic E-state index is -1.08. The van der Waals surface area contributed by atoms with Gasteiger partial charge in [-0.15, -0.1) is 0 Å². The lowest BCUT2D eigenvalue weighted by Crippen LogP contribution is -2.11. The first-order valence-electron chi connectivity index (χ1n) is 8.29. The molecule has 0 saturated carbocycles. The van der Waals surface area contributed by atoms with Crippen LogP contribution in [-0.2, 0) is 0 Å². The summed E-state index contributed by atoms with van der Waals surface area (Å²) in [6, 6.07) is 22.8. The Kier molecular flexibility index (Phi) is 7.19. The number of rotatable bonds is 5. The minimum absolute atomic E-state index is 0.0833. The van der Waals surface area contributed by atoms with E-state index in [2.05, 4.69) is 0 Å². The quantitative estimate of drug-likeness (QED) is 0.584. The molecule has 28 heavy (non-hydrogen) atoms. The van der Waals surface area contributed by atoms with E-state index in [1.807, 2.05) is 12.1 Å². The summed E-state index contributed by atoms with van der Waals surface area (Å²) in [5.74, 6) is -2.40. The predicted molar refractivity (Wildman–Crippen MR) is 103 cm³/mol. The van der Waals surface area contributed by atoms with Crippen LogP contribution >= 0.6 is 0 Å². The SMILES string of the molecule is O=C(O)c1ccc(C(=O)O)cc1.O=C(c1ccccc1)C(O)c1ccccc1. The van der Waals surface area contributed by atoms with Crippen LogP contribution in [0.25, 0.3) is 0 Å². The van der Waals surface area contributed by atoms with Crippen molar-refractivity contribution in [3.05, 3.63) is 107 Å². The molecule has 0 amide bonds. The van der Waals surface area contributed by atoms with E-state index < -0.39 is 18.0 Å². The maximum absolute atomic E-state index is 11.9. The molecule has 3 N–H and O–H groups in total. The van der Waals surface area contributed by atoms with Crippen molar-refractivity contribution in [1.29, 1.82) is 0 Å². The van der Waals surface area contributed by atoms with Crippen LogP contribution in [0.2, 0.25) is 0 Å². The molecule has 0 radical (unpaired) electrons. The molecule has 0 saturated heterocycles. The fourth-order valence-corrected chi connectivity index (χ4v) is 2.30. The van der Waals surface area contributed by atoms with E-state index in [0.29, 0.717) is 11.1 Å². The van der Waals surface area contributed by atoms with Gasteiger partial charge in [0.1, 0.15) is 6.10 Å². The van der Waals surface area contributed by atoms with Crippen molar-refractivity contribution in [2.45, 2.75) is 6.10 Å². The molecule has 0 aliphatic rings. The molecule has 6 heteroatoms. The monoisotopic (exact) mass is 378 g/mol. The van der Waals surface area contributed by atoms with Crippen LogP contribution in [0.3, 0.4) is 0 Å². The maximum Gasteiger partial charge on any atom is 0.335 e. The topological polar surface area (TPSA) is 112 Å². The van der Waals surface area contributed by atoms with Gasteiger partial charge in [0.15, 0.2) is 5.78 Å². The van der Waals surface area contributed by atoms with E-state index in [9.17, 15) is 19.5 Å². The van der Waals surface area contributed by atoms with Crippen LogP contribution in [-0.4, -0.2) is 33.0 Å². The van der Waals surface area contributed by atoms with E-state index in [0.717, 1.165) is 0 Å². The van der Waals surface area contributed by atoms with Crippen LogP contribution in [0.5, 0.6) is 0 Å². The second kappa shape index (κ2) is 9.80. The van der Waals surface area contributed by atoms with Gasteiger partial charge in [0.25, 0.3) is 0 Å². The molecule has 0 aliphatic carbocycles. The molecule has 0 aliphatic heterocycles. The molecule has 0 heterocycles. The van der Waals surface area contributed by atoms with Crippen molar-refractivity contribution in [2.75, 3.05) is 0 Å². The highest BCUT2D eigenvalue weighted by atomic mass is 16.4. The van der Waals surface area contributed by atoms with Gasteiger partial charge in [-0.1, -0.05) is 60.7 Å². The lowest BCUT2D eigenvalue weighted by atomic mass is 10.0. The van der Waals surface area contributed by atoms with Gasteiger partial charge in [-0.25, -0.2) is 9.59 Å². The summed E-state index contributed by atoms with van der Waals surface area (Å²) in [7, 11) is 0. The summed E-state index contributed by atoms with van der Waals surface area (Å²) in [6.07, 6.45) is -1.08. The fraction of sp³-hybridized carbons (Fsp3) is 0.0455. The van der Waals surface area contributed by atoms with Gasteiger partial charge in [-0.2, -0.15) is 0 Å². The van der Waals surface area contributed by atoms with Crippen LogP contribution in [0.4, 0.5) is 0 Å². The van der Waals surface area contributed by atoms with Crippen molar-refractivity contribution in [3.8, 4) is 0 Å². The van der Waals surface area contributed by atoms with Crippen molar-refractivity contribution < 1.29 is 29.7 Å². The first-order chi connectivity index (χ1) is 13.4. The number of hydrogen-bond donors (Lipinski definition) is 3. The van der Waals surface area contributed by atoms with Gasteiger partial charge in [0.2, 0.25) is 0 Å². The zero-order chi connectivity index (χ0) is 20.5. The third-order valence-electron chi connectivity index (χ3n) is 3.80. The normalized spacial score (nSPS) is 10.9. The van der Waals surface area contributed by atoms with E-state index in [4.69, 9.17) is 10.2 Å². The Morgan fingerprint density at radius 2 is 0.964 bits per heavy atom. The van der Waals surface area contributed by atoms with Gasteiger partial charge in [0, 0.05) is 5.56 Å². The molecule has 1 unspecified atom stereocenters. The number of carbonyl (C=O) groups is 3. The third kappa shape index (κ3) is 5.62. The highest BCUT2D eigenvalue weighted by molar-refractivity contribution is 5.99. The molecular formula is C22H18O6. The lowest BCUT2D eigenvalue weighted by Gasteiger charge is -2.09. The van der Waals surface area contributed by atoms with Crippen molar-refractivity contribution >= 4 is 17.7 Å². The Morgan fingerprint density at radius 1 is 0.571 bits per heavy atom.